The maximum Gasteiger partial charge on any atom is 0.226 e. The summed E-state index contributed by atoms with van der Waals surface area (Å²) < 4.78 is 11.4. The Balaban J connectivity index is 1.59. The smallest absolute Gasteiger partial charge is 0.226 e. The molecule has 2 heterocycles. The number of nitrogens with zero attached hydrogens (tertiary/aromatic N) is 3. The summed E-state index contributed by atoms with van der Waals surface area (Å²) in [4.78, 5) is 10.5. The van der Waals surface area contributed by atoms with Crippen molar-refractivity contribution in [1.82, 2.24) is 14.9 Å². The Kier molecular flexibility index (Phi) is 6.76. The Morgan fingerprint density at radius 3 is 2.39 bits per heavy atom. The number of nitrogen functional groups attached to an aromatic ring is 1. The zero-order valence-electron chi connectivity index (χ0n) is 16.5. The SMILES string of the molecule is CCOc1cc(CN2CCC(Nc3nccc(O)n3)CC2)cc(OCC)c1N. The molecule has 0 radical (unpaired) electrons. The molecule has 1 saturated heterocycles. The second-order valence-electron chi connectivity index (χ2n) is 6.80. The first-order valence-corrected chi connectivity index (χ1v) is 9.78. The summed E-state index contributed by atoms with van der Waals surface area (Å²) >= 11 is 0. The van der Waals surface area contributed by atoms with E-state index >= 15 is 0 Å². The summed E-state index contributed by atoms with van der Waals surface area (Å²) in [6.07, 6.45) is 3.50. The monoisotopic (exact) mass is 387 g/mol. The van der Waals surface area contributed by atoms with Crippen molar-refractivity contribution in [2.45, 2.75) is 39.3 Å². The lowest BCUT2D eigenvalue weighted by Gasteiger charge is -2.32. The Labute approximate surface area is 165 Å². The summed E-state index contributed by atoms with van der Waals surface area (Å²) in [7, 11) is 0. The van der Waals surface area contributed by atoms with Crippen molar-refractivity contribution in [2.75, 3.05) is 37.4 Å². The van der Waals surface area contributed by atoms with Crippen molar-refractivity contribution < 1.29 is 14.6 Å². The van der Waals surface area contributed by atoms with E-state index in [-0.39, 0.29) is 5.88 Å². The molecule has 28 heavy (non-hydrogen) atoms. The van der Waals surface area contributed by atoms with Crippen molar-refractivity contribution in [3.8, 4) is 17.4 Å². The first-order chi connectivity index (χ1) is 13.6. The van der Waals surface area contributed by atoms with E-state index < -0.39 is 0 Å². The fourth-order valence-electron chi connectivity index (χ4n) is 3.39. The van der Waals surface area contributed by atoms with Crippen molar-refractivity contribution >= 4 is 11.6 Å². The van der Waals surface area contributed by atoms with Crippen LogP contribution < -0.4 is 20.5 Å². The third kappa shape index (κ3) is 5.16. The number of aromatic hydroxyl groups is 1. The quantitative estimate of drug-likeness (QED) is 0.594. The molecule has 0 saturated carbocycles. The standard InChI is InChI=1S/C20H29N5O3/c1-3-27-16-11-14(12-17(19(16)21)28-4-2)13-25-9-6-15(7-10-25)23-20-22-8-5-18(26)24-20/h5,8,11-12,15H,3-4,6-7,9-10,13,21H2,1-2H3,(H2,22,23,24,26). The van der Waals surface area contributed by atoms with Crippen LogP contribution in [0.2, 0.25) is 0 Å². The molecule has 1 aromatic carbocycles. The summed E-state index contributed by atoms with van der Waals surface area (Å²) in [5.74, 6) is 1.82. The van der Waals surface area contributed by atoms with Crippen LogP contribution in [0.15, 0.2) is 24.4 Å². The van der Waals surface area contributed by atoms with Crippen molar-refractivity contribution in [1.29, 1.82) is 0 Å². The number of hydrogen-bond donors (Lipinski definition) is 3. The second-order valence-corrected chi connectivity index (χ2v) is 6.80. The zero-order valence-corrected chi connectivity index (χ0v) is 16.5. The number of aromatic nitrogens is 2. The van der Waals surface area contributed by atoms with Gasteiger partial charge in [0.2, 0.25) is 11.8 Å². The van der Waals surface area contributed by atoms with Crippen LogP contribution in [-0.4, -0.2) is 52.3 Å². The highest BCUT2D eigenvalue weighted by Gasteiger charge is 2.21. The molecule has 4 N–H and O–H groups in total. The van der Waals surface area contributed by atoms with E-state index in [1.807, 2.05) is 26.0 Å². The number of likely N-dealkylation sites (tertiary alicyclic amines) is 1. The summed E-state index contributed by atoms with van der Waals surface area (Å²) in [5, 5.41) is 12.8. The third-order valence-electron chi connectivity index (χ3n) is 4.73. The molecule has 0 aliphatic carbocycles. The minimum Gasteiger partial charge on any atom is -0.493 e. The van der Waals surface area contributed by atoms with E-state index in [0.717, 1.165) is 38.0 Å². The molecule has 0 spiro atoms. The van der Waals surface area contributed by atoms with Gasteiger partial charge >= 0.3 is 0 Å². The van der Waals surface area contributed by atoms with Crippen molar-refractivity contribution in [2.24, 2.45) is 0 Å². The van der Waals surface area contributed by atoms with Crippen molar-refractivity contribution in [3.63, 3.8) is 0 Å². The highest BCUT2D eigenvalue weighted by atomic mass is 16.5. The predicted molar refractivity (Wildman–Crippen MR) is 109 cm³/mol. The van der Waals surface area contributed by atoms with Gasteiger partial charge in [-0.3, -0.25) is 4.90 Å². The summed E-state index contributed by atoms with van der Waals surface area (Å²) in [5.41, 5.74) is 7.84. The van der Waals surface area contributed by atoms with Crippen LogP contribution in [-0.2, 0) is 6.54 Å². The Morgan fingerprint density at radius 2 is 1.82 bits per heavy atom. The van der Waals surface area contributed by atoms with E-state index in [2.05, 4.69) is 20.2 Å². The molecule has 1 aliphatic heterocycles. The maximum atomic E-state index is 9.46. The molecule has 152 valence electrons. The highest BCUT2D eigenvalue weighted by molar-refractivity contribution is 5.64. The molecule has 2 aromatic rings. The van der Waals surface area contributed by atoms with Gasteiger partial charge in [-0.1, -0.05) is 0 Å². The van der Waals surface area contributed by atoms with Crippen LogP contribution in [0, 0.1) is 0 Å². The fourth-order valence-corrected chi connectivity index (χ4v) is 3.39. The van der Waals surface area contributed by atoms with Crippen LogP contribution in [0.5, 0.6) is 17.4 Å². The molecule has 1 fully saturated rings. The largest absolute Gasteiger partial charge is 0.493 e. The first-order valence-electron chi connectivity index (χ1n) is 9.78. The molecular weight excluding hydrogens is 358 g/mol. The number of ether oxygens (including phenoxy) is 2. The third-order valence-corrected chi connectivity index (χ3v) is 4.73. The van der Waals surface area contributed by atoms with Gasteiger partial charge in [0.15, 0.2) is 0 Å². The average molecular weight is 387 g/mol. The summed E-state index contributed by atoms with van der Waals surface area (Å²) in [6, 6.07) is 5.77. The van der Waals surface area contributed by atoms with Gasteiger partial charge in [0.1, 0.15) is 17.2 Å². The molecule has 0 unspecified atom stereocenters. The number of hydrogen-bond acceptors (Lipinski definition) is 8. The van der Waals surface area contributed by atoms with Crippen molar-refractivity contribution in [3.05, 3.63) is 30.0 Å². The molecule has 8 heteroatoms. The number of nitrogens with one attached hydrogen (secondary N) is 1. The molecule has 0 bridgehead atoms. The molecule has 8 nitrogen and oxygen atoms in total. The van der Waals surface area contributed by atoms with Gasteiger partial charge in [0, 0.05) is 37.9 Å². The average Bonchev–Trinajstić information content (AvgIpc) is 2.67. The molecule has 0 atom stereocenters. The van der Waals surface area contributed by atoms with Crippen LogP contribution in [0.25, 0.3) is 0 Å². The van der Waals surface area contributed by atoms with Gasteiger partial charge in [-0.05, 0) is 44.4 Å². The Morgan fingerprint density at radius 1 is 1.18 bits per heavy atom. The Bertz CT molecular complexity index is 751. The highest BCUT2D eigenvalue weighted by Crippen LogP contribution is 2.34. The lowest BCUT2D eigenvalue weighted by Crippen LogP contribution is -2.39. The molecule has 1 aliphatic rings. The molecular formula is C20H29N5O3. The van der Waals surface area contributed by atoms with Gasteiger partial charge in [-0.2, -0.15) is 4.98 Å². The van der Waals surface area contributed by atoms with E-state index in [0.29, 0.717) is 42.4 Å². The molecule has 3 rings (SSSR count). The topological polar surface area (TPSA) is 106 Å². The van der Waals surface area contributed by atoms with Crippen LogP contribution in [0.3, 0.4) is 0 Å². The zero-order chi connectivity index (χ0) is 19.9. The Hall–Kier alpha value is -2.74. The van der Waals surface area contributed by atoms with Gasteiger partial charge in [0.25, 0.3) is 0 Å². The van der Waals surface area contributed by atoms with Gasteiger partial charge in [-0.15, -0.1) is 0 Å². The second kappa shape index (κ2) is 9.45. The van der Waals surface area contributed by atoms with Crippen LogP contribution >= 0.6 is 0 Å². The maximum absolute atomic E-state index is 9.46. The normalized spacial score (nSPS) is 15.4. The van der Waals surface area contributed by atoms with Crippen LogP contribution in [0.1, 0.15) is 32.3 Å². The minimum absolute atomic E-state index is 0.0199. The number of nitrogens with two attached hydrogens (primary N) is 1. The lowest BCUT2D eigenvalue weighted by atomic mass is 10.0. The van der Waals surface area contributed by atoms with E-state index in [1.165, 1.54) is 6.07 Å². The molecule has 0 amide bonds. The van der Waals surface area contributed by atoms with E-state index in [4.69, 9.17) is 15.2 Å². The fraction of sp³-hybridized carbons (Fsp3) is 0.500. The van der Waals surface area contributed by atoms with Gasteiger partial charge in [0.05, 0.1) is 13.2 Å². The minimum atomic E-state index is -0.0199. The van der Waals surface area contributed by atoms with Crippen LogP contribution in [0.4, 0.5) is 11.6 Å². The number of anilines is 2. The van der Waals surface area contributed by atoms with Gasteiger partial charge < -0.3 is 25.6 Å². The molecule has 1 aromatic heterocycles. The van der Waals surface area contributed by atoms with E-state index in [9.17, 15) is 5.11 Å². The lowest BCUT2D eigenvalue weighted by molar-refractivity contribution is 0.210. The predicted octanol–water partition coefficient (Wildman–Crippen LogP) is 2.64. The number of benzene rings is 1. The number of rotatable bonds is 8. The first kappa shape index (κ1) is 20.0. The van der Waals surface area contributed by atoms with E-state index in [1.54, 1.807) is 6.20 Å². The number of piperidine rings is 1. The summed E-state index contributed by atoms with van der Waals surface area (Å²) in [6.45, 7) is 7.74. The van der Waals surface area contributed by atoms with Gasteiger partial charge in [-0.25, -0.2) is 4.98 Å².